The molecular formula is C25H19BrClN3O5. The second kappa shape index (κ2) is 12.0. The van der Waals surface area contributed by atoms with E-state index in [1.807, 2.05) is 12.1 Å². The maximum Gasteiger partial charge on any atom is 0.269 e. The molecular weight excluding hydrogens is 538 g/mol. The number of anilines is 1. The van der Waals surface area contributed by atoms with E-state index < -0.39 is 10.8 Å². The lowest BCUT2D eigenvalue weighted by atomic mass is 10.1. The minimum absolute atomic E-state index is 0.0184. The van der Waals surface area contributed by atoms with Crippen molar-refractivity contribution in [2.75, 3.05) is 11.9 Å². The molecule has 1 amide bonds. The normalized spacial score (nSPS) is 10.9. The number of nitro benzene ring substituents is 1. The number of non-ortho nitro benzene ring substituents is 1. The Morgan fingerprint density at radius 1 is 1.20 bits per heavy atom. The molecule has 0 unspecified atom stereocenters. The van der Waals surface area contributed by atoms with E-state index in [1.54, 1.807) is 49.4 Å². The van der Waals surface area contributed by atoms with E-state index >= 15 is 0 Å². The van der Waals surface area contributed by atoms with Gasteiger partial charge in [0, 0.05) is 22.3 Å². The maximum atomic E-state index is 12.6. The Bertz CT molecular complexity index is 1320. The van der Waals surface area contributed by atoms with E-state index in [0.717, 1.165) is 4.47 Å². The molecule has 35 heavy (non-hydrogen) atoms. The van der Waals surface area contributed by atoms with Crippen LogP contribution >= 0.6 is 27.5 Å². The second-order valence-electron chi connectivity index (χ2n) is 7.11. The van der Waals surface area contributed by atoms with Gasteiger partial charge in [-0.25, -0.2) is 0 Å². The zero-order valence-corrected chi connectivity index (χ0v) is 20.8. The van der Waals surface area contributed by atoms with Gasteiger partial charge in [-0.2, -0.15) is 5.26 Å². The topological polar surface area (TPSA) is 114 Å². The summed E-state index contributed by atoms with van der Waals surface area (Å²) in [5.41, 5.74) is 1.57. The van der Waals surface area contributed by atoms with Crippen LogP contribution in [0.15, 0.2) is 70.7 Å². The van der Waals surface area contributed by atoms with Crippen molar-refractivity contribution in [1.82, 2.24) is 0 Å². The molecule has 0 aliphatic rings. The Morgan fingerprint density at radius 2 is 1.94 bits per heavy atom. The first-order valence-corrected chi connectivity index (χ1v) is 11.5. The number of amides is 1. The highest BCUT2D eigenvalue weighted by Gasteiger charge is 2.15. The van der Waals surface area contributed by atoms with Gasteiger partial charge in [-0.3, -0.25) is 14.9 Å². The number of hydrogen-bond donors (Lipinski definition) is 1. The average molecular weight is 557 g/mol. The van der Waals surface area contributed by atoms with Gasteiger partial charge in [-0.05, 0) is 66.6 Å². The number of nitrogens with zero attached hydrogens (tertiary/aromatic N) is 2. The summed E-state index contributed by atoms with van der Waals surface area (Å²) >= 11 is 9.78. The molecule has 3 aromatic carbocycles. The van der Waals surface area contributed by atoms with Crippen molar-refractivity contribution in [3.63, 3.8) is 0 Å². The van der Waals surface area contributed by atoms with Crippen molar-refractivity contribution in [2.45, 2.75) is 13.5 Å². The lowest BCUT2D eigenvalue weighted by Gasteiger charge is -2.15. The minimum Gasteiger partial charge on any atom is -0.490 e. The van der Waals surface area contributed by atoms with E-state index in [4.69, 9.17) is 21.1 Å². The molecule has 0 radical (unpaired) electrons. The molecule has 0 heterocycles. The van der Waals surface area contributed by atoms with E-state index in [9.17, 15) is 20.2 Å². The Balaban J connectivity index is 1.82. The molecule has 178 valence electrons. The number of hydrogen-bond acceptors (Lipinski definition) is 6. The average Bonchev–Trinajstić information content (AvgIpc) is 2.82. The van der Waals surface area contributed by atoms with Crippen molar-refractivity contribution in [2.24, 2.45) is 0 Å². The van der Waals surface area contributed by atoms with Crippen molar-refractivity contribution < 1.29 is 19.2 Å². The fourth-order valence-electron chi connectivity index (χ4n) is 3.02. The molecule has 0 aliphatic carbocycles. The number of ether oxygens (including phenoxy) is 2. The maximum absolute atomic E-state index is 12.6. The van der Waals surface area contributed by atoms with Gasteiger partial charge < -0.3 is 14.8 Å². The highest BCUT2D eigenvalue weighted by atomic mass is 79.9. The molecule has 3 rings (SSSR count). The van der Waals surface area contributed by atoms with Crippen molar-refractivity contribution in [3.05, 3.63) is 97.0 Å². The summed E-state index contributed by atoms with van der Waals surface area (Å²) in [6.07, 6.45) is 1.40. The molecule has 0 fully saturated rings. The van der Waals surface area contributed by atoms with Crippen molar-refractivity contribution in [3.8, 4) is 17.6 Å². The van der Waals surface area contributed by atoms with Gasteiger partial charge in [0.15, 0.2) is 11.5 Å². The van der Waals surface area contributed by atoms with Crippen molar-refractivity contribution >= 4 is 50.9 Å². The molecule has 0 aromatic heterocycles. The van der Waals surface area contributed by atoms with Crippen LogP contribution in [-0.2, 0) is 11.4 Å². The quantitative estimate of drug-likeness (QED) is 0.139. The summed E-state index contributed by atoms with van der Waals surface area (Å²) in [5, 5.41) is 23.2. The predicted octanol–water partition coefficient (Wildman–Crippen LogP) is 6.53. The molecule has 0 spiro atoms. The number of nitriles is 1. The smallest absolute Gasteiger partial charge is 0.269 e. The largest absolute Gasteiger partial charge is 0.490 e. The molecule has 0 atom stereocenters. The summed E-state index contributed by atoms with van der Waals surface area (Å²) in [6, 6.07) is 18.0. The Kier molecular flexibility index (Phi) is 8.84. The fourth-order valence-corrected chi connectivity index (χ4v) is 3.70. The van der Waals surface area contributed by atoms with E-state index in [0.29, 0.717) is 29.2 Å². The first-order valence-electron chi connectivity index (χ1n) is 10.3. The van der Waals surface area contributed by atoms with Crippen LogP contribution in [0.5, 0.6) is 11.5 Å². The second-order valence-corrected chi connectivity index (χ2v) is 8.43. The third-order valence-corrected chi connectivity index (χ3v) is 5.39. The van der Waals surface area contributed by atoms with Gasteiger partial charge >= 0.3 is 0 Å². The molecule has 10 heteroatoms. The Hall–Kier alpha value is -3.87. The summed E-state index contributed by atoms with van der Waals surface area (Å²) in [4.78, 5) is 22.9. The molecule has 0 saturated carbocycles. The number of carbonyl (C=O) groups is 1. The number of halogens is 2. The Morgan fingerprint density at radius 3 is 2.57 bits per heavy atom. The van der Waals surface area contributed by atoms with Crippen LogP contribution in [0.4, 0.5) is 11.4 Å². The van der Waals surface area contributed by atoms with Gasteiger partial charge in [0.2, 0.25) is 0 Å². The summed E-state index contributed by atoms with van der Waals surface area (Å²) in [6.45, 7) is 2.22. The van der Waals surface area contributed by atoms with Crippen LogP contribution < -0.4 is 14.8 Å². The van der Waals surface area contributed by atoms with Gasteiger partial charge in [-0.1, -0.05) is 33.6 Å². The number of benzene rings is 3. The first kappa shape index (κ1) is 25.7. The fraction of sp³-hybridized carbons (Fsp3) is 0.120. The van der Waals surface area contributed by atoms with Crippen LogP contribution in [0.3, 0.4) is 0 Å². The third-order valence-electron chi connectivity index (χ3n) is 4.62. The van der Waals surface area contributed by atoms with Crippen LogP contribution in [0.2, 0.25) is 5.02 Å². The summed E-state index contributed by atoms with van der Waals surface area (Å²) in [7, 11) is 0. The molecule has 0 bridgehead atoms. The Labute approximate surface area is 215 Å². The minimum atomic E-state index is -0.571. The van der Waals surface area contributed by atoms with Crippen LogP contribution in [-0.4, -0.2) is 17.4 Å². The molecule has 0 aliphatic heterocycles. The van der Waals surface area contributed by atoms with E-state index in [1.165, 1.54) is 18.2 Å². The monoisotopic (exact) mass is 555 g/mol. The molecule has 8 nitrogen and oxygen atoms in total. The summed E-state index contributed by atoms with van der Waals surface area (Å²) < 4.78 is 12.3. The van der Waals surface area contributed by atoms with Gasteiger partial charge in [0.1, 0.15) is 18.2 Å². The SMILES string of the molecule is CCOc1cc(/C=C(/C#N)C(=O)Nc2cccc(Br)c2)cc(Cl)c1OCc1ccc([N+](=O)[O-])cc1. The number of rotatable bonds is 9. The zero-order valence-electron chi connectivity index (χ0n) is 18.5. The molecule has 3 aromatic rings. The van der Waals surface area contributed by atoms with Gasteiger partial charge in [0.05, 0.1) is 16.6 Å². The van der Waals surface area contributed by atoms with Gasteiger partial charge in [-0.15, -0.1) is 0 Å². The zero-order chi connectivity index (χ0) is 25.4. The highest BCUT2D eigenvalue weighted by molar-refractivity contribution is 9.10. The molecule has 0 saturated heterocycles. The number of nitro groups is 1. The number of carbonyl (C=O) groups excluding carboxylic acids is 1. The van der Waals surface area contributed by atoms with Crippen LogP contribution in [0.25, 0.3) is 6.08 Å². The van der Waals surface area contributed by atoms with Gasteiger partial charge in [0.25, 0.3) is 11.6 Å². The molecule has 1 N–H and O–H groups in total. The summed E-state index contributed by atoms with van der Waals surface area (Å²) in [5.74, 6) is 0.0390. The van der Waals surface area contributed by atoms with E-state index in [-0.39, 0.29) is 28.6 Å². The standard InChI is InChI=1S/C25H19BrClN3O5/c1-2-34-23-12-17(10-18(14-28)25(31)29-20-5-3-4-19(26)13-20)11-22(27)24(23)35-15-16-6-8-21(9-7-16)30(32)33/h3-13H,2,15H2,1H3,(H,29,31)/b18-10-. The highest BCUT2D eigenvalue weighted by Crippen LogP contribution is 2.38. The van der Waals surface area contributed by atoms with Crippen molar-refractivity contribution in [1.29, 1.82) is 5.26 Å². The number of nitrogens with one attached hydrogen (secondary N) is 1. The van der Waals surface area contributed by atoms with E-state index in [2.05, 4.69) is 21.2 Å². The predicted molar refractivity (Wildman–Crippen MR) is 136 cm³/mol. The van der Waals surface area contributed by atoms with Crippen LogP contribution in [0, 0.1) is 21.4 Å². The lowest BCUT2D eigenvalue weighted by molar-refractivity contribution is -0.384. The first-order chi connectivity index (χ1) is 16.8. The lowest BCUT2D eigenvalue weighted by Crippen LogP contribution is -2.13. The van der Waals surface area contributed by atoms with Crippen LogP contribution in [0.1, 0.15) is 18.1 Å². The third kappa shape index (κ3) is 7.06.